The van der Waals surface area contributed by atoms with Gasteiger partial charge in [0.25, 0.3) is 0 Å². The quantitative estimate of drug-likeness (QED) is 0.754. The molecule has 1 rings (SSSR count). The zero-order valence-corrected chi connectivity index (χ0v) is 11.3. The SMILES string of the molecule is CC(C)CCN(C)CC(O)C1CCCCC1. The molecule has 0 bridgehead atoms. The van der Waals surface area contributed by atoms with Crippen LogP contribution in [-0.2, 0) is 0 Å². The minimum absolute atomic E-state index is 0.0996. The van der Waals surface area contributed by atoms with Gasteiger partial charge < -0.3 is 10.0 Å². The lowest BCUT2D eigenvalue weighted by molar-refractivity contribution is 0.0539. The Morgan fingerprint density at radius 2 is 1.81 bits per heavy atom. The number of likely N-dealkylation sites (N-methyl/N-ethyl adjacent to an activating group) is 1. The summed E-state index contributed by atoms with van der Waals surface area (Å²) in [6.45, 7) is 6.48. The fourth-order valence-electron chi connectivity index (χ4n) is 2.56. The molecule has 2 heteroatoms. The molecule has 1 unspecified atom stereocenters. The maximum absolute atomic E-state index is 10.2. The summed E-state index contributed by atoms with van der Waals surface area (Å²) in [5, 5.41) is 10.2. The van der Waals surface area contributed by atoms with Crippen LogP contribution in [0.4, 0.5) is 0 Å². The Labute approximate surface area is 101 Å². The Morgan fingerprint density at radius 1 is 1.19 bits per heavy atom. The normalized spacial score (nSPS) is 20.6. The van der Waals surface area contributed by atoms with Crippen LogP contribution in [-0.4, -0.2) is 36.2 Å². The molecule has 1 N–H and O–H groups in total. The first-order valence-corrected chi connectivity index (χ1v) is 6.96. The van der Waals surface area contributed by atoms with E-state index in [1.807, 2.05) is 0 Å². The highest BCUT2D eigenvalue weighted by molar-refractivity contribution is 4.75. The molecular formula is C14H29NO. The van der Waals surface area contributed by atoms with Gasteiger partial charge in [0.15, 0.2) is 0 Å². The molecule has 0 aromatic heterocycles. The summed E-state index contributed by atoms with van der Waals surface area (Å²) in [5.74, 6) is 1.32. The zero-order valence-electron chi connectivity index (χ0n) is 11.3. The lowest BCUT2D eigenvalue weighted by Gasteiger charge is -2.29. The van der Waals surface area contributed by atoms with Crippen molar-refractivity contribution in [1.82, 2.24) is 4.90 Å². The number of aliphatic hydroxyl groups excluding tert-OH is 1. The van der Waals surface area contributed by atoms with Gasteiger partial charge in [-0.05, 0) is 44.7 Å². The van der Waals surface area contributed by atoms with Gasteiger partial charge in [-0.2, -0.15) is 0 Å². The van der Waals surface area contributed by atoms with Gasteiger partial charge in [0, 0.05) is 6.54 Å². The highest BCUT2D eigenvalue weighted by atomic mass is 16.3. The summed E-state index contributed by atoms with van der Waals surface area (Å²) in [5.41, 5.74) is 0. The third kappa shape index (κ3) is 5.31. The van der Waals surface area contributed by atoms with Crippen LogP contribution in [0.1, 0.15) is 52.4 Å². The van der Waals surface area contributed by atoms with Gasteiger partial charge in [-0.3, -0.25) is 0 Å². The van der Waals surface area contributed by atoms with Crippen LogP contribution in [0.25, 0.3) is 0 Å². The maximum Gasteiger partial charge on any atom is 0.0695 e. The smallest absolute Gasteiger partial charge is 0.0695 e. The Balaban J connectivity index is 2.18. The first-order valence-electron chi connectivity index (χ1n) is 6.96. The number of hydrogen-bond donors (Lipinski definition) is 1. The highest BCUT2D eigenvalue weighted by Gasteiger charge is 2.22. The summed E-state index contributed by atoms with van der Waals surface area (Å²) < 4.78 is 0. The summed E-state index contributed by atoms with van der Waals surface area (Å²) in [4.78, 5) is 2.29. The Bertz CT molecular complexity index is 176. The van der Waals surface area contributed by atoms with Crippen molar-refractivity contribution in [2.45, 2.75) is 58.5 Å². The van der Waals surface area contributed by atoms with E-state index >= 15 is 0 Å². The van der Waals surface area contributed by atoms with E-state index in [1.54, 1.807) is 0 Å². The van der Waals surface area contributed by atoms with E-state index in [9.17, 15) is 5.11 Å². The molecule has 0 aliphatic heterocycles. The number of rotatable bonds is 6. The summed E-state index contributed by atoms with van der Waals surface area (Å²) in [6, 6.07) is 0. The van der Waals surface area contributed by atoms with Gasteiger partial charge in [0.1, 0.15) is 0 Å². The largest absolute Gasteiger partial charge is 0.392 e. The molecule has 16 heavy (non-hydrogen) atoms. The van der Waals surface area contributed by atoms with E-state index in [-0.39, 0.29) is 6.10 Å². The predicted octanol–water partition coefficient (Wildman–Crippen LogP) is 2.91. The topological polar surface area (TPSA) is 23.5 Å². The fraction of sp³-hybridized carbons (Fsp3) is 1.00. The van der Waals surface area contributed by atoms with Gasteiger partial charge in [0.05, 0.1) is 6.10 Å². The molecule has 1 atom stereocenters. The van der Waals surface area contributed by atoms with Gasteiger partial charge >= 0.3 is 0 Å². The van der Waals surface area contributed by atoms with Crippen molar-refractivity contribution in [3.8, 4) is 0 Å². The monoisotopic (exact) mass is 227 g/mol. The number of nitrogens with zero attached hydrogens (tertiary/aromatic N) is 1. The third-order valence-corrected chi connectivity index (χ3v) is 3.78. The van der Waals surface area contributed by atoms with Crippen molar-refractivity contribution in [3.05, 3.63) is 0 Å². The van der Waals surface area contributed by atoms with Crippen LogP contribution in [0.3, 0.4) is 0 Å². The van der Waals surface area contributed by atoms with Crippen molar-refractivity contribution in [2.75, 3.05) is 20.1 Å². The van der Waals surface area contributed by atoms with Crippen LogP contribution in [0, 0.1) is 11.8 Å². The molecule has 0 saturated heterocycles. The molecule has 0 heterocycles. The molecule has 0 aromatic carbocycles. The van der Waals surface area contributed by atoms with Gasteiger partial charge in [-0.1, -0.05) is 33.1 Å². The molecule has 1 fully saturated rings. The molecule has 1 saturated carbocycles. The summed E-state index contributed by atoms with van der Waals surface area (Å²) >= 11 is 0. The summed E-state index contributed by atoms with van der Waals surface area (Å²) in [7, 11) is 2.13. The molecule has 1 aliphatic rings. The van der Waals surface area contributed by atoms with E-state index in [2.05, 4.69) is 25.8 Å². The van der Waals surface area contributed by atoms with Crippen LogP contribution < -0.4 is 0 Å². The lowest BCUT2D eigenvalue weighted by atomic mass is 9.85. The Hall–Kier alpha value is -0.0800. The molecule has 0 aromatic rings. The maximum atomic E-state index is 10.2. The third-order valence-electron chi connectivity index (χ3n) is 3.78. The minimum atomic E-state index is -0.0996. The van der Waals surface area contributed by atoms with Crippen LogP contribution >= 0.6 is 0 Å². The van der Waals surface area contributed by atoms with Crippen molar-refractivity contribution in [3.63, 3.8) is 0 Å². The average Bonchev–Trinajstić information content (AvgIpc) is 2.27. The van der Waals surface area contributed by atoms with Crippen LogP contribution in [0.15, 0.2) is 0 Å². The molecule has 0 spiro atoms. The van der Waals surface area contributed by atoms with Crippen LogP contribution in [0.2, 0.25) is 0 Å². The van der Waals surface area contributed by atoms with E-state index in [4.69, 9.17) is 0 Å². The van der Waals surface area contributed by atoms with Crippen molar-refractivity contribution >= 4 is 0 Å². The second-order valence-corrected chi connectivity index (χ2v) is 5.91. The van der Waals surface area contributed by atoms with E-state index in [0.29, 0.717) is 5.92 Å². The molecule has 96 valence electrons. The van der Waals surface area contributed by atoms with Crippen molar-refractivity contribution < 1.29 is 5.11 Å². The zero-order chi connectivity index (χ0) is 12.0. The standard InChI is InChI=1S/C14H29NO/c1-12(2)9-10-15(3)11-14(16)13-7-5-4-6-8-13/h12-14,16H,4-11H2,1-3H3. The van der Waals surface area contributed by atoms with Gasteiger partial charge in [-0.15, -0.1) is 0 Å². The van der Waals surface area contributed by atoms with E-state index < -0.39 is 0 Å². The second kappa shape index (κ2) is 7.29. The molecule has 2 nitrogen and oxygen atoms in total. The predicted molar refractivity (Wildman–Crippen MR) is 69.5 cm³/mol. The average molecular weight is 227 g/mol. The van der Waals surface area contributed by atoms with Crippen molar-refractivity contribution in [2.24, 2.45) is 11.8 Å². The lowest BCUT2D eigenvalue weighted by Crippen LogP contribution is -2.36. The fourth-order valence-corrected chi connectivity index (χ4v) is 2.56. The molecule has 0 amide bonds. The van der Waals surface area contributed by atoms with E-state index in [1.165, 1.54) is 38.5 Å². The molecule has 0 radical (unpaired) electrons. The van der Waals surface area contributed by atoms with Gasteiger partial charge in [-0.25, -0.2) is 0 Å². The Morgan fingerprint density at radius 3 is 2.38 bits per heavy atom. The minimum Gasteiger partial charge on any atom is -0.392 e. The van der Waals surface area contributed by atoms with Crippen molar-refractivity contribution in [1.29, 1.82) is 0 Å². The Kier molecular flexibility index (Phi) is 6.37. The van der Waals surface area contributed by atoms with Crippen LogP contribution in [0.5, 0.6) is 0 Å². The van der Waals surface area contributed by atoms with E-state index in [0.717, 1.165) is 19.0 Å². The molecular weight excluding hydrogens is 198 g/mol. The van der Waals surface area contributed by atoms with Gasteiger partial charge in [0.2, 0.25) is 0 Å². The highest BCUT2D eigenvalue weighted by Crippen LogP contribution is 2.26. The summed E-state index contributed by atoms with van der Waals surface area (Å²) in [6.07, 6.45) is 7.60. The molecule has 1 aliphatic carbocycles. The number of aliphatic hydroxyl groups is 1. The first kappa shape index (κ1) is 14.0. The first-order chi connectivity index (χ1) is 7.59. The second-order valence-electron chi connectivity index (χ2n) is 5.91. The number of hydrogen-bond acceptors (Lipinski definition) is 2.